The molecule has 2 heterocycles. The second-order valence-corrected chi connectivity index (χ2v) is 6.10. The van der Waals surface area contributed by atoms with Crippen LogP contribution >= 0.6 is 0 Å². The van der Waals surface area contributed by atoms with Crippen molar-refractivity contribution in [2.75, 3.05) is 25.5 Å². The number of hydrogen-bond donors (Lipinski definition) is 1. The molecule has 0 aromatic heterocycles. The fraction of sp³-hybridized carbons (Fsp3) is 0.588. The van der Waals surface area contributed by atoms with E-state index in [0.29, 0.717) is 6.54 Å². The number of carbonyl (C=O) groups is 1. The topological polar surface area (TPSA) is 41.6 Å². The number of nitrogens with one attached hydrogen (secondary N) is 1. The third-order valence-electron chi connectivity index (χ3n) is 4.48. The minimum absolute atomic E-state index is 0.103. The fourth-order valence-electron chi connectivity index (χ4n) is 3.24. The second kappa shape index (κ2) is 6.48. The summed E-state index contributed by atoms with van der Waals surface area (Å²) in [7, 11) is 1.89. The summed E-state index contributed by atoms with van der Waals surface area (Å²) in [4.78, 5) is 14.4. The monoisotopic (exact) mass is 288 g/mol. The molecule has 0 bridgehead atoms. The zero-order valence-corrected chi connectivity index (χ0v) is 12.7. The van der Waals surface area contributed by atoms with E-state index in [4.69, 9.17) is 4.74 Å². The Morgan fingerprint density at radius 3 is 3.00 bits per heavy atom. The third-order valence-corrected chi connectivity index (χ3v) is 4.48. The lowest BCUT2D eigenvalue weighted by atomic mass is 9.97. The number of amides is 1. The van der Waals surface area contributed by atoms with Crippen LogP contribution in [-0.2, 0) is 16.0 Å². The van der Waals surface area contributed by atoms with Crippen LogP contribution < -0.4 is 5.32 Å². The largest absolute Gasteiger partial charge is 0.376 e. The molecule has 0 radical (unpaired) electrons. The van der Waals surface area contributed by atoms with Crippen LogP contribution in [0.1, 0.15) is 31.2 Å². The van der Waals surface area contributed by atoms with Gasteiger partial charge < -0.3 is 15.0 Å². The van der Waals surface area contributed by atoms with Gasteiger partial charge in [-0.05, 0) is 43.7 Å². The van der Waals surface area contributed by atoms with Gasteiger partial charge in [-0.2, -0.15) is 0 Å². The molecule has 2 aliphatic rings. The number of anilines is 1. The molecule has 1 N–H and O–H groups in total. The molecule has 3 rings (SSSR count). The van der Waals surface area contributed by atoms with Crippen LogP contribution in [-0.4, -0.2) is 43.2 Å². The molecule has 0 aliphatic carbocycles. The smallest absolute Gasteiger partial charge is 0.244 e. The van der Waals surface area contributed by atoms with E-state index in [1.165, 1.54) is 12.0 Å². The molecule has 2 unspecified atom stereocenters. The van der Waals surface area contributed by atoms with E-state index < -0.39 is 0 Å². The number of nitrogens with zero attached hydrogens (tertiary/aromatic N) is 1. The first-order valence-electron chi connectivity index (χ1n) is 7.95. The van der Waals surface area contributed by atoms with Crippen LogP contribution in [0.2, 0.25) is 0 Å². The van der Waals surface area contributed by atoms with Gasteiger partial charge in [0, 0.05) is 25.9 Å². The van der Waals surface area contributed by atoms with Crippen molar-refractivity contribution in [2.24, 2.45) is 0 Å². The Kier molecular flexibility index (Phi) is 4.44. The maximum atomic E-state index is 12.6. The molecule has 4 nitrogen and oxygen atoms in total. The van der Waals surface area contributed by atoms with Crippen molar-refractivity contribution in [1.82, 2.24) is 4.90 Å². The van der Waals surface area contributed by atoms with Crippen molar-refractivity contribution in [2.45, 2.75) is 44.2 Å². The molecule has 0 spiro atoms. The Morgan fingerprint density at radius 2 is 2.19 bits per heavy atom. The highest BCUT2D eigenvalue weighted by Gasteiger charge is 2.27. The molecule has 1 saturated heterocycles. The normalized spacial score (nSPS) is 24.8. The molecule has 1 fully saturated rings. The van der Waals surface area contributed by atoms with E-state index in [1.807, 2.05) is 18.0 Å². The maximum Gasteiger partial charge on any atom is 0.244 e. The molecular formula is C17H24N2O2. The molecule has 21 heavy (non-hydrogen) atoms. The van der Waals surface area contributed by atoms with Gasteiger partial charge in [-0.25, -0.2) is 0 Å². The summed E-state index contributed by atoms with van der Waals surface area (Å²) in [6.07, 6.45) is 5.47. The third kappa shape index (κ3) is 3.38. The number of fused-ring (bicyclic) bond motifs is 1. The number of aryl methyl sites for hydroxylation is 1. The van der Waals surface area contributed by atoms with E-state index in [-0.39, 0.29) is 18.1 Å². The summed E-state index contributed by atoms with van der Waals surface area (Å²) in [5.41, 5.74) is 2.41. The number of rotatable bonds is 3. The Balaban J connectivity index is 1.58. The van der Waals surface area contributed by atoms with Gasteiger partial charge in [-0.3, -0.25) is 4.79 Å². The molecule has 114 valence electrons. The van der Waals surface area contributed by atoms with Gasteiger partial charge >= 0.3 is 0 Å². The number of ether oxygens (including phenoxy) is 1. The van der Waals surface area contributed by atoms with Gasteiger partial charge in [0.1, 0.15) is 6.04 Å². The first-order chi connectivity index (χ1) is 10.2. The van der Waals surface area contributed by atoms with Crippen LogP contribution in [0.15, 0.2) is 24.3 Å². The van der Waals surface area contributed by atoms with Crippen molar-refractivity contribution in [3.8, 4) is 0 Å². The van der Waals surface area contributed by atoms with Gasteiger partial charge in [0.2, 0.25) is 5.91 Å². The van der Waals surface area contributed by atoms with Crippen molar-refractivity contribution >= 4 is 11.6 Å². The maximum absolute atomic E-state index is 12.6. The van der Waals surface area contributed by atoms with E-state index >= 15 is 0 Å². The molecule has 1 amide bonds. The summed E-state index contributed by atoms with van der Waals surface area (Å²) in [5.74, 6) is 0.179. The van der Waals surface area contributed by atoms with Gasteiger partial charge in [0.25, 0.3) is 0 Å². The van der Waals surface area contributed by atoms with Crippen LogP contribution in [0.3, 0.4) is 0 Å². The van der Waals surface area contributed by atoms with Gasteiger partial charge in [0.15, 0.2) is 0 Å². The summed E-state index contributed by atoms with van der Waals surface area (Å²) in [6.45, 7) is 1.54. The summed E-state index contributed by atoms with van der Waals surface area (Å²) in [6, 6.07) is 8.14. The van der Waals surface area contributed by atoms with Crippen molar-refractivity contribution in [3.63, 3.8) is 0 Å². The van der Waals surface area contributed by atoms with Crippen LogP contribution in [0.4, 0.5) is 5.69 Å². The second-order valence-electron chi connectivity index (χ2n) is 6.10. The number of carbonyl (C=O) groups excluding carboxylic acids is 1. The van der Waals surface area contributed by atoms with Crippen LogP contribution in [0, 0.1) is 0 Å². The lowest BCUT2D eigenvalue weighted by Gasteiger charge is -2.32. The predicted molar refractivity (Wildman–Crippen MR) is 83.4 cm³/mol. The van der Waals surface area contributed by atoms with E-state index in [1.54, 1.807) is 0 Å². The minimum atomic E-state index is -0.103. The van der Waals surface area contributed by atoms with Gasteiger partial charge in [0.05, 0.1) is 6.10 Å². The average molecular weight is 288 g/mol. The highest BCUT2D eigenvalue weighted by Crippen LogP contribution is 2.25. The standard InChI is InChI=1S/C17H24N2O2/c1-19(12-14-7-4-5-11-21-14)17(20)16-10-9-13-6-2-3-8-15(13)18-16/h2-3,6,8,14,16,18H,4-5,7,9-12H2,1H3. The number of likely N-dealkylation sites (N-methyl/N-ethyl adjacent to an activating group) is 1. The van der Waals surface area contributed by atoms with Crippen LogP contribution in [0.25, 0.3) is 0 Å². The number of para-hydroxylation sites is 1. The minimum Gasteiger partial charge on any atom is -0.376 e. The Bertz CT molecular complexity index is 497. The average Bonchev–Trinajstić information content (AvgIpc) is 2.54. The number of hydrogen-bond acceptors (Lipinski definition) is 3. The van der Waals surface area contributed by atoms with Crippen molar-refractivity contribution in [1.29, 1.82) is 0 Å². The summed E-state index contributed by atoms with van der Waals surface area (Å²) >= 11 is 0. The van der Waals surface area contributed by atoms with Crippen molar-refractivity contribution in [3.05, 3.63) is 29.8 Å². The lowest BCUT2D eigenvalue weighted by Crippen LogP contribution is -2.46. The highest BCUT2D eigenvalue weighted by atomic mass is 16.5. The predicted octanol–water partition coefficient (Wildman–Crippen LogP) is 2.44. The Morgan fingerprint density at radius 1 is 1.33 bits per heavy atom. The van der Waals surface area contributed by atoms with E-state index in [0.717, 1.165) is 38.0 Å². The molecule has 4 heteroatoms. The molecule has 1 aromatic carbocycles. The summed E-state index contributed by atoms with van der Waals surface area (Å²) in [5, 5.41) is 3.38. The Hall–Kier alpha value is -1.55. The van der Waals surface area contributed by atoms with Crippen molar-refractivity contribution < 1.29 is 9.53 Å². The highest BCUT2D eigenvalue weighted by molar-refractivity contribution is 5.85. The van der Waals surface area contributed by atoms with Gasteiger partial charge in [-0.1, -0.05) is 18.2 Å². The molecule has 0 saturated carbocycles. The molecule has 1 aromatic rings. The van der Waals surface area contributed by atoms with Crippen LogP contribution in [0.5, 0.6) is 0 Å². The lowest BCUT2D eigenvalue weighted by molar-refractivity contribution is -0.133. The van der Waals surface area contributed by atoms with E-state index in [9.17, 15) is 4.79 Å². The zero-order valence-electron chi connectivity index (χ0n) is 12.7. The molecule has 2 atom stereocenters. The first kappa shape index (κ1) is 14.4. The first-order valence-corrected chi connectivity index (χ1v) is 7.95. The number of benzene rings is 1. The fourth-order valence-corrected chi connectivity index (χ4v) is 3.24. The summed E-state index contributed by atoms with van der Waals surface area (Å²) < 4.78 is 5.73. The SMILES string of the molecule is CN(CC1CCCCO1)C(=O)C1CCc2ccccc2N1. The molecular weight excluding hydrogens is 264 g/mol. The van der Waals surface area contributed by atoms with Gasteiger partial charge in [-0.15, -0.1) is 0 Å². The zero-order chi connectivity index (χ0) is 14.7. The van der Waals surface area contributed by atoms with E-state index in [2.05, 4.69) is 23.5 Å². The quantitative estimate of drug-likeness (QED) is 0.929. The molecule has 2 aliphatic heterocycles. The Labute approximate surface area is 126 Å².